The second-order valence-corrected chi connectivity index (χ2v) is 5.72. The fraction of sp³-hybridized carbons (Fsp3) is 0.500. The summed E-state index contributed by atoms with van der Waals surface area (Å²) in [7, 11) is 0. The van der Waals surface area contributed by atoms with Crippen LogP contribution in [0.1, 0.15) is 18.4 Å². The fourth-order valence-electron chi connectivity index (χ4n) is 2.77. The van der Waals surface area contributed by atoms with Crippen LogP contribution < -0.4 is 5.32 Å². The minimum Gasteiger partial charge on any atom is -0.441 e. The van der Waals surface area contributed by atoms with Crippen molar-refractivity contribution in [2.75, 3.05) is 19.6 Å². The molecule has 0 atom stereocenters. The van der Waals surface area contributed by atoms with E-state index in [9.17, 15) is 4.79 Å². The Morgan fingerprint density at radius 3 is 2.63 bits per heavy atom. The number of halogens is 1. The molecule has 2 saturated heterocycles. The Hall–Kier alpha value is -1.26. The van der Waals surface area contributed by atoms with Gasteiger partial charge in [0.2, 0.25) is 0 Å². The number of ether oxygens (including phenoxy) is 1. The number of amides is 1. The summed E-state index contributed by atoms with van der Waals surface area (Å²) < 4.78 is 5.62. The molecule has 0 bridgehead atoms. The second kappa shape index (κ2) is 5.02. The van der Waals surface area contributed by atoms with Gasteiger partial charge in [0.15, 0.2) is 0 Å². The zero-order valence-corrected chi connectivity index (χ0v) is 11.4. The van der Waals surface area contributed by atoms with Crippen LogP contribution in [0.3, 0.4) is 0 Å². The Labute approximate surface area is 117 Å². The zero-order chi connectivity index (χ0) is 13.3. The molecule has 0 radical (unpaired) electrons. The highest BCUT2D eigenvalue weighted by Crippen LogP contribution is 2.31. The van der Waals surface area contributed by atoms with Crippen molar-refractivity contribution in [1.29, 1.82) is 0 Å². The third-order valence-electron chi connectivity index (χ3n) is 3.84. The van der Waals surface area contributed by atoms with Crippen LogP contribution in [0.5, 0.6) is 0 Å². The summed E-state index contributed by atoms with van der Waals surface area (Å²) in [4.78, 5) is 13.8. The molecule has 1 spiro atoms. The van der Waals surface area contributed by atoms with Crippen LogP contribution >= 0.6 is 11.6 Å². The molecule has 0 saturated carbocycles. The van der Waals surface area contributed by atoms with Gasteiger partial charge in [-0.05, 0) is 30.8 Å². The quantitative estimate of drug-likeness (QED) is 0.905. The Bertz CT molecular complexity index is 469. The molecular weight excluding hydrogens is 264 g/mol. The van der Waals surface area contributed by atoms with Crippen molar-refractivity contribution in [2.24, 2.45) is 0 Å². The van der Waals surface area contributed by atoms with Crippen molar-refractivity contribution in [3.8, 4) is 0 Å². The topological polar surface area (TPSA) is 41.6 Å². The predicted octanol–water partition coefficient (Wildman–Crippen LogP) is 2.41. The van der Waals surface area contributed by atoms with Gasteiger partial charge in [0.1, 0.15) is 5.60 Å². The van der Waals surface area contributed by atoms with Crippen LogP contribution in [-0.4, -0.2) is 36.2 Å². The molecule has 0 unspecified atom stereocenters. The van der Waals surface area contributed by atoms with Crippen LogP contribution in [0.2, 0.25) is 5.02 Å². The third-order valence-corrected chi connectivity index (χ3v) is 4.09. The fourth-order valence-corrected chi connectivity index (χ4v) is 2.89. The summed E-state index contributed by atoms with van der Waals surface area (Å²) in [6.45, 7) is 3.12. The van der Waals surface area contributed by atoms with Gasteiger partial charge in [-0.2, -0.15) is 0 Å². The maximum absolute atomic E-state index is 12.0. The predicted molar refractivity (Wildman–Crippen MR) is 73.2 cm³/mol. The molecule has 2 heterocycles. The highest BCUT2D eigenvalue weighted by Gasteiger charge is 2.45. The third kappa shape index (κ3) is 2.69. The average Bonchev–Trinajstić information content (AvgIpc) is 2.69. The summed E-state index contributed by atoms with van der Waals surface area (Å²) in [5.74, 6) is 0. The van der Waals surface area contributed by atoms with Crippen molar-refractivity contribution in [2.45, 2.75) is 25.0 Å². The number of carbonyl (C=O) groups is 1. The van der Waals surface area contributed by atoms with Gasteiger partial charge in [-0.15, -0.1) is 0 Å². The molecule has 1 amide bonds. The number of nitrogens with zero attached hydrogens (tertiary/aromatic N) is 1. The summed E-state index contributed by atoms with van der Waals surface area (Å²) in [6, 6.07) is 7.59. The molecule has 3 rings (SSSR count). The van der Waals surface area contributed by atoms with Gasteiger partial charge in [-0.1, -0.05) is 23.7 Å². The number of carbonyl (C=O) groups excluding carboxylic acids is 1. The van der Waals surface area contributed by atoms with E-state index < -0.39 is 0 Å². The molecular formula is C14H17ClN2O2. The molecule has 19 heavy (non-hydrogen) atoms. The van der Waals surface area contributed by atoms with Crippen molar-refractivity contribution < 1.29 is 9.53 Å². The first-order valence-electron chi connectivity index (χ1n) is 6.60. The maximum Gasteiger partial charge on any atom is 0.410 e. The molecule has 0 aliphatic carbocycles. The molecule has 102 valence electrons. The number of hydrogen-bond donors (Lipinski definition) is 1. The van der Waals surface area contributed by atoms with E-state index >= 15 is 0 Å². The van der Waals surface area contributed by atoms with Crippen molar-refractivity contribution in [3.63, 3.8) is 0 Å². The second-order valence-electron chi connectivity index (χ2n) is 5.28. The van der Waals surface area contributed by atoms with Crippen LogP contribution in [0, 0.1) is 0 Å². The van der Waals surface area contributed by atoms with Gasteiger partial charge < -0.3 is 10.1 Å². The van der Waals surface area contributed by atoms with Gasteiger partial charge in [0.25, 0.3) is 0 Å². The van der Waals surface area contributed by atoms with Crippen molar-refractivity contribution >= 4 is 17.7 Å². The van der Waals surface area contributed by atoms with E-state index in [1.807, 2.05) is 24.3 Å². The first kappa shape index (κ1) is 12.8. The summed E-state index contributed by atoms with van der Waals surface area (Å²) >= 11 is 5.86. The Kier molecular flexibility index (Phi) is 3.37. The van der Waals surface area contributed by atoms with Crippen LogP contribution in [0.4, 0.5) is 4.79 Å². The largest absolute Gasteiger partial charge is 0.441 e. The van der Waals surface area contributed by atoms with E-state index in [1.54, 1.807) is 4.90 Å². The molecule has 1 N–H and O–H groups in total. The molecule has 0 aromatic heterocycles. The van der Waals surface area contributed by atoms with E-state index in [0.29, 0.717) is 18.1 Å². The molecule has 1 aromatic rings. The lowest BCUT2D eigenvalue weighted by atomic mass is 9.92. The number of hydrogen-bond acceptors (Lipinski definition) is 3. The standard InChI is InChI=1S/C14H17ClN2O2/c15-12-3-1-11(2-4-12)9-17-10-14(19-13(17)18)5-7-16-8-6-14/h1-4,16H,5-10H2. The first-order valence-corrected chi connectivity index (χ1v) is 6.98. The maximum atomic E-state index is 12.0. The minimum atomic E-state index is -0.269. The Morgan fingerprint density at radius 1 is 1.26 bits per heavy atom. The lowest BCUT2D eigenvalue weighted by molar-refractivity contribution is 0.0316. The molecule has 1 aromatic carbocycles. The molecule has 5 heteroatoms. The van der Waals surface area contributed by atoms with E-state index in [1.165, 1.54) is 0 Å². The Balaban J connectivity index is 1.68. The molecule has 2 aliphatic rings. The van der Waals surface area contributed by atoms with Crippen LogP contribution in [-0.2, 0) is 11.3 Å². The minimum absolute atomic E-state index is 0.197. The monoisotopic (exact) mass is 280 g/mol. The Morgan fingerprint density at radius 2 is 1.95 bits per heavy atom. The summed E-state index contributed by atoms with van der Waals surface area (Å²) in [5.41, 5.74) is 0.807. The van der Waals surface area contributed by atoms with Gasteiger partial charge in [0.05, 0.1) is 6.54 Å². The van der Waals surface area contributed by atoms with E-state index in [0.717, 1.165) is 31.5 Å². The molecule has 2 fully saturated rings. The lowest BCUT2D eigenvalue weighted by Gasteiger charge is -2.31. The van der Waals surface area contributed by atoms with Crippen molar-refractivity contribution in [3.05, 3.63) is 34.9 Å². The number of piperidine rings is 1. The first-order chi connectivity index (χ1) is 9.17. The zero-order valence-electron chi connectivity index (χ0n) is 10.7. The summed E-state index contributed by atoms with van der Waals surface area (Å²) in [6.07, 6.45) is 1.60. The van der Waals surface area contributed by atoms with Gasteiger partial charge in [0, 0.05) is 24.4 Å². The highest BCUT2D eigenvalue weighted by molar-refractivity contribution is 6.30. The van der Waals surface area contributed by atoms with Gasteiger partial charge >= 0.3 is 6.09 Å². The van der Waals surface area contributed by atoms with E-state index in [2.05, 4.69) is 5.32 Å². The lowest BCUT2D eigenvalue weighted by Crippen LogP contribution is -2.44. The highest BCUT2D eigenvalue weighted by atomic mass is 35.5. The number of nitrogens with one attached hydrogen (secondary N) is 1. The normalized spacial score (nSPS) is 21.7. The average molecular weight is 281 g/mol. The van der Waals surface area contributed by atoms with Gasteiger partial charge in [-0.3, -0.25) is 4.90 Å². The smallest absolute Gasteiger partial charge is 0.410 e. The molecule has 2 aliphatic heterocycles. The van der Waals surface area contributed by atoms with Crippen LogP contribution in [0.25, 0.3) is 0 Å². The van der Waals surface area contributed by atoms with Gasteiger partial charge in [-0.25, -0.2) is 4.79 Å². The number of benzene rings is 1. The SMILES string of the molecule is O=C1OC2(CCNCC2)CN1Cc1ccc(Cl)cc1. The van der Waals surface area contributed by atoms with Crippen molar-refractivity contribution in [1.82, 2.24) is 10.2 Å². The number of rotatable bonds is 2. The van der Waals surface area contributed by atoms with Crippen LogP contribution in [0.15, 0.2) is 24.3 Å². The van der Waals surface area contributed by atoms with E-state index in [-0.39, 0.29) is 11.7 Å². The molecule has 4 nitrogen and oxygen atoms in total. The summed E-state index contributed by atoms with van der Waals surface area (Å²) in [5, 5.41) is 4.01. The van der Waals surface area contributed by atoms with E-state index in [4.69, 9.17) is 16.3 Å².